The zero-order valence-electron chi connectivity index (χ0n) is 15.7. The van der Waals surface area contributed by atoms with Gasteiger partial charge in [0.05, 0.1) is 13.2 Å². The third kappa shape index (κ3) is 4.14. The number of nitrogens with one attached hydrogen (secondary N) is 1. The summed E-state index contributed by atoms with van der Waals surface area (Å²) in [6, 6.07) is 10.6. The fraction of sp³-hybridized carbons (Fsp3) is 0.238. The highest BCUT2D eigenvalue weighted by Gasteiger charge is 2.21. The molecule has 1 atom stereocenters. The Morgan fingerprint density at radius 3 is 2.57 bits per heavy atom. The second kappa shape index (κ2) is 8.12. The van der Waals surface area contributed by atoms with E-state index in [0.29, 0.717) is 16.9 Å². The zero-order chi connectivity index (χ0) is 20.3. The topological polar surface area (TPSA) is 77.8 Å². The van der Waals surface area contributed by atoms with Crippen molar-refractivity contribution in [1.82, 2.24) is 5.32 Å². The first-order valence-corrected chi connectivity index (χ1v) is 8.68. The Morgan fingerprint density at radius 2 is 1.89 bits per heavy atom. The number of carbonyl (C=O) groups excluding carboxylic acids is 2. The Labute approximate surface area is 161 Å². The van der Waals surface area contributed by atoms with Gasteiger partial charge in [0.1, 0.15) is 17.1 Å². The molecule has 1 amide bonds. The van der Waals surface area contributed by atoms with Gasteiger partial charge in [0.25, 0.3) is 5.91 Å². The molecule has 0 bridgehead atoms. The van der Waals surface area contributed by atoms with Crippen molar-refractivity contribution in [3.05, 3.63) is 65.2 Å². The van der Waals surface area contributed by atoms with E-state index in [4.69, 9.17) is 13.9 Å². The monoisotopic (exact) mass is 385 g/mol. The van der Waals surface area contributed by atoms with Gasteiger partial charge < -0.3 is 19.2 Å². The molecule has 0 spiro atoms. The average Bonchev–Trinajstić information content (AvgIpc) is 3.02. The van der Waals surface area contributed by atoms with Crippen LogP contribution in [0.4, 0.5) is 4.39 Å². The lowest BCUT2D eigenvalue weighted by molar-refractivity contribution is -0.124. The van der Waals surface area contributed by atoms with Crippen molar-refractivity contribution in [2.75, 3.05) is 13.7 Å². The molecule has 6 nitrogen and oxygen atoms in total. The van der Waals surface area contributed by atoms with Crippen LogP contribution in [0.15, 0.2) is 46.9 Å². The van der Waals surface area contributed by atoms with E-state index >= 15 is 0 Å². The van der Waals surface area contributed by atoms with Gasteiger partial charge in [-0.25, -0.2) is 9.18 Å². The van der Waals surface area contributed by atoms with Crippen molar-refractivity contribution < 1.29 is 27.9 Å². The molecule has 146 valence electrons. The maximum absolute atomic E-state index is 13.0. The van der Waals surface area contributed by atoms with Gasteiger partial charge in [0.15, 0.2) is 6.61 Å². The molecule has 1 N–H and O–H groups in total. The van der Waals surface area contributed by atoms with Crippen molar-refractivity contribution in [3.63, 3.8) is 0 Å². The first kappa shape index (κ1) is 19.4. The summed E-state index contributed by atoms with van der Waals surface area (Å²) in [6.07, 6.45) is 0. The van der Waals surface area contributed by atoms with E-state index in [1.807, 2.05) is 0 Å². The summed E-state index contributed by atoms with van der Waals surface area (Å²) in [7, 11) is 1.55. The molecule has 0 saturated carbocycles. The highest BCUT2D eigenvalue weighted by molar-refractivity contribution is 5.97. The number of ether oxygens (including phenoxy) is 2. The summed E-state index contributed by atoms with van der Waals surface area (Å²) in [5, 5.41) is 3.43. The Bertz CT molecular complexity index is 1010. The van der Waals surface area contributed by atoms with Crippen LogP contribution in [0.25, 0.3) is 11.0 Å². The van der Waals surface area contributed by atoms with E-state index < -0.39 is 18.5 Å². The molecule has 3 aromatic rings. The lowest BCUT2D eigenvalue weighted by Gasteiger charge is -2.14. The summed E-state index contributed by atoms with van der Waals surface area (Å²) in [5.41, 5.74) is 1.88. The first-order chi connectivity index (χ1) is 13.4. The molecule has 0 unspecified atom stereocenters. The van der Waals surface area contributed by atoms with Gasteiger partial charge in [0.2, 0.25) is 5.76 Å². The lowest BCUT2D eigenvalue weighted by atomic mass is 10.1. The summed E-state index contributed by atoms with van der Waals surface area (Å²) in [4.78, 5) is 24.4. The van der Waals surface area contributed by atoms with Crippen molar-refractivity contribution in [2.45, 2.75) is 19.9 Å². The number of rotatable bonds is 6. The van der Waals surface area contributed by atoms with Crippen LogP contribution in [0.2, 0.25) is 0 Å². The van der Waals surface area contributed by atoms with E-state index in [2.05, 4.69) is 5.32 Å². The molecule has 7 heteroatoms. The predicted molar refractivity (Wildman–Crippen MR) is 101 cm³/mol. The van der Waals surface area contributed by atoms with Crippen LogP contribution in [-0.2, 0) is 9.53 Å². The number of aryl methyl sites for hydroxylation is 1. The van der Waals surface area contributed by atoms with Gasteiger partial charge in [0, 0.05) is 10.9 Å². The molecule has 0 aliphatic rings. The molecule has 1 heterocycles. The van der Waals surface area contributed by atoms with E-state index in [9.17, 15) is 14.0 Å². The number of fused-ring (bicyclic) bond motifs is 1. The van der Waals surface area contributed by atoms with Crippen LogP contribution < -0.4 is 10.1 Å². The number of esters is 1. The van der Waals surface area contributed by atoms with Crippen molar-refractivity contribution >= 4 is 22.8 Å². The minimum Gasteiger partial charge on any atom is -0.497 e. The van der Waals surface area contributed by atoms with Gasteiger partial charge in [-0.05, 0) is 49.7 Å². The summed E-state index contributed by atoms with van der Waals surface area (Å²) in [5.74, 6) is -0.860. The van der Waals surface area contributed by atoms with Crippen molar-refractivity contribution in [3.8, 4) is 5.75 Å². The van der Waals surface area contributed by atoms with E-state index in [1.165, 1.54) is 12.1 Å². The minimum absolute atomic E-state index is 0.0441. The highest BCUT2D eigenvalue weighted by atomic mass is 19.1. The van der Waals surface area contributed by atoms with Crippen LogP contribution in [0, 0.1) is 12.7 Å². The number of amides is 1. The van der Waals surface area contributed by atoms with E-state index in [1.54, 1.807) is 51.3 Å². The molecule has 1 aromatic heterocycles. The van der Waals surface area contributed by atoms with Crippen LogP contribution >= 0.6 is 0 Å². The van der Waals surface area contributed by atoms with Crippen molar-refractivity contribution in [1.29, 1.82) is 0 Å². The first-order valence-electron chi connectivity index (χ1n) is 8.68. The van der Waals surface area contributed by atoms with Gasteiger partial charge in [-0.1, -0.05) is 12.1 Å². The van der Waals surface area contributed by atoms with Crippen LogP contribution in [0.1, 0.15) is 34.6 Å². The number of halogens is 1. The Balaban J connectivity index is 1.62. The number of hydrogen-bond donors (Lipinski definition) is 1. The van der Waals surface area contributed by atoms with Crippen LogP contribution in [0.5, 0.6) is 5.75 Å². The molecule has 0 radical (unpaired) electrons. The van der Waals surface area contributed by atoms with Crippen LogP contribution in [0.3, 0.4) is 0 Å². The maximum Gasteiger partial charge on any atom is 0.375 e. The molecule has 0 aliphatic heterocycles. The molecule has 0 saturated heterocycles. The van der Waals surface area contributed by atoms with Crippen LogP contribution in [-0.4, -0.2) is 25.6 Å². The molecular weight excluding hydrogens is 365 g/mol. The third-order valence-corrected chi connectivity index (χ3v) is 4.41. The number of hydrogen-bond acceptors (Lipinski definition) is 5. The molecule has 0 aliphatic carbocycles. The zero-order valence-corrected chi connectivity index (χ0v) is 15.7. The van der Waals surface area contributed by atoms with Gasteiger partial charge in [-0.15, -0.1) is 0 Å². The lowest BCUT2D eigenvalue weighted by Crippen LogP contribution is -2.31. The van der Waals surface area contributed by atoms with Gasteiger partial charge in [-0.2, -0.15) is 0 Å². The summed E-state index contributed by atoms with van der Waals surface area (Å²) < 4.78 is 28.8. The quantitative estimate of drug-likeness (QED) is 0.651. The van der Waals surface area contributed by atoms with E-state index in [-0.39, 0.29) is 17.6 Å². The molecule has 2 aromatic carbocycles. The maximum atomic E-state index is 13.0. The predicted octanol–water partition coefficient (Wildman–Crippen LogP) is 3.92. The minimum atomic E-state index is -0.725. The summed E-state index contributed by atoms with van der Waals surface area (Å²) in [6.45, 7) is 3.03. The molecule has 3 rings (SSSR count). The largest absolute Gasteiger partial charge is 0.497 e. The average molecular weight is 385 g/mol. The normalized spacial score (nSPS) is 11.9. The fourth-order valence-corrected chi connectivity index (χ4v) is 2.84. The second-order valence-electron chi connectivity index (χ2n) is 6.34. The van der Waals surface area contributed by atoms with E-state index in [0.717, 1.165) is 10.9 Å². The number of carbonyl (C=O) groups is 2. The molecule has 0 fully saturated rings. The van der Waals surface area contributed by atoms with Gasteiger partial charge >= 0.3 is 5.97 Å². The van der Waals surface area contributed by atoms with Crippen molar-refractivity contribution in [2.24, 2.45) is 0 Å². The Kier molecular flexibility index (Phi) is 5.63. The highest BCUT2D eigenvalue weighted by Crippen LogP contribution is 2.29. The number of furan rings is 1. The Morgan fingerprint density at radius 1 is 1.18 bits per heavy atom. The summed E-state index contributed by atoms with van der Waals surface area (Å²) >= 11 is 0. The smallest absolute Gasteiger partial charge is 0.375 e. The standard InChI is InChI=1S/C21H20FNO5/c1-12-17-10-16(26-3)8-9-18(17)28-20(12)21(25)27-11-19(24)23-13(2)14-4-6-15(22)7-5-14/h4-10,13H,11H2,1-3H3,(H,23,24)/t13-/m1/s1. The molecular formula is C21H20FNO5. The third-order valence-electron chi connectivity index (χ3n) is 4.41. The van der Waals surface area contributed by atoms with Gasteiger partial charge in [-0.3, -0.25) is 4.79 Å². The number of methoxy groups -OCH3 is 1. The fourth-order valence-electron chi connectivity index (χ4n) is 2.84. The Hall–Kier alpha value is -3.35. The second-order valence-corrected chi connectivity index (χ2v) is 6.34. The number of benzene rings is 2. The molecule has 28 heavy (non-hydrogen) atoms. The SMILES string of the molecule is COc1ccc2oc(C(=O)OCC(=O)N[C@H](C)c3ccc(F)cc3)c(C)c2c1.